The van der Waals surface area contributed by atoms with Crippen LogP contribution < -0.4 is 0 Å². The van der Waals surface area contributed by atoms with Gasteiger partial charge in [0.05, 0.1) is 15.2 Å². The number of aromatic nitrogens is 1. The van der Waals surface area contributed by atoms with Crippen molar-refractivity contribution in [3.05, 3.63) is 34.4 Å². The SMILES string of the molecule is S=C=Nc1nccc2c(Cl)c(Cl)ccc12. The number of fused-ring (bicyclic) bond motifs is 1. The Bertz CT molecular complexity index is 577. The van der Waals surface area contributed by atoms with Gasteiger partial charge in [-0.15, -0.1) is 0 Å². The molecule has 0 saturated heterocycles. The van der Waals surface area contributed by atoms with Gasteiger partial charge in [-0.3, -0.25) is 0 Å². The molecule has 74 valence electrons. The summed E-state index contributed by atoms with van der Waals surface area (Å²) in [5, 5.41) is 4.90. The van der Waals surface area contributed by atoms with Crippen molar-refractivity contribution in [2.45, 2.75) is 0 Å². The first-order chi connectivity index (χ1) is 7.24. The van der Waals surface area contributed by atoms with E-state index < -0.39 is 0 Å². The van der Waals surface area contributed by atoms with E-state index in [1.807, 2.05) is 6.07 Å². The van der Waals surface area contributed by atoms with Gasteiger partial charge in [0.2, 0.25) is 0 Å². The van der Waals surface area contributed by atoms with Gasteiger partial charge < -0.3 is 0 Å². The van der Waals surface area contributed by atoms with Crippen LogP contribution in [0.3, 0.4) is 0 Å². The molecule has 0 aliphatic carbocycles. The standard InChI is InChI=1S/C10H4Cl2N2S/c11-8-2-1-7-6(9(8)12)3-4-13-10(7)14-5-15/h1-4H. The Morgan fingerprint density at radius 2 is 2.00 bits per heavy atom. The topological polar surface area (TPSA) is 25.2 Å². The summed E-state index contributed by atoms with van der Waals surface area (Å²) in [6.45, 7) is 0. The Kier molecular flexibility index (Phi) is 2.98. The van der Waals surface area contributed by atoms with Crippen molar-refractivity contribution in [1.29, 1.82) is 0 Å². The Morgan fingerprint density at radius 3 is 2.73 bits per heavy atom. The van der Waals surface area contributed by atoms with Crippen LogP contribution in [0.1, 0.15) is 0 Å². The Hall–Kier alpha value is -0.990. The molecule has 15 heavy (non-hydrogen) atoms. The van der Waals surface area contributed by atoms with Crippen LogP contribution in [0.2, 0.25) is 10.0 Å². The predicted octanol–water partition coefficient (Wildman–Crippen LogP) is 4.28. The summed E-state index contributed by atoms with van der Waals surface area (Å²) in [5.74, 6) is 0.501. The summed E-state index contributed by atoms with van der Waals surface area (Å²) < 4.78 is 0. The summed E-state index contributed by atoms with van der Waals surface area (Å²) >= 11 is 16.5. The normalized spacial score (nSPS) is 10.0. The molecule has 2 rings (SSSR count). The van der Waals surface area contributed by atoms with Crippen LogP contribution in [0.25, 0.3) is 10.8 Å². The number of benzene rings is 1. The van der Waals surface area contributed by atoms with E-state index in [9.17, 15) is 0 Å². The van der Waals surface area contributed by atoms with Gasteiger partial charge in [-0.05, 0) is 30.4 Å². The van der Waals surface area contributed by atoms with E-state index in [0.29, 0.717) is 15.9 Å². The van der Waals surface area contributed by atoms with Crippen LogP contribution in [0.5, 0.6) is 0 Å². The van der Waals surface area contributed by atoms with E-state index in [1.165, 1.54) is 0 Å². The molecule has 0 atom stereocenters. The van der Waals surface area contributed by atoms with Crippen molar-refractivity contribution in [2.75, 3.05) is 0 Å². The fourth-order valence-electron chi connectivity index (χ4n) is 1.31. The highest BCUT2D eigenvalue weighted by molar-refractivity contribution is 7.78. The number of rotatable bonds is 1. The molecule has 0 saturated carbocycles. The van der Waals surface area contributed by atoms with Crippen LogP contribution in [-0.4, -0.2) is 10.1 Å². The Morgan fingerprint density at radius 1 is 1.20 bits per heavy atom. The molecular formula is C10H4Cl2N2S. The number of thiocarbonyl (C=S) groups is 1. The number of nitrogens with zero attached hydrogens (tertiary/aromatic N) is 2. The zero-order chi connectivity index (χ0) is 10.8. The zero-order valence-corrected chi connectivity index (χ0v) is 9.70. The first-order valence-corrected chi connectivity index (χ1v) is 5.21. The molecule has 0 amide bonds. The Balaban J connectivity index is 2.89. The van der Waals surface area contributed by atoms with Gasteiger partial charge >= 0.3 is 0 Å². The summed E-state index contributed by atoms with van der Waals surface area (Å²) in [7, 11) is 0. The maximum absolute atomic E-state index is 6.05. The summed E-state index contributed by atoms with van der Waals surface area (Å²) in [5.41, 5.74) is 0. The van der Waals surface area contributed by atoms with E-state index in [0.717, 1.165) is 10.8 Å². The summed E-state index contributed by atoms with van der Waals surface area (Å²) in [6.07, 6.45) is 1.61. The second-order valence-electron chi connectivity index (χ2n) is 2.79. The van der Waals surface area contributed by atoms with Gasteiger partial charge in [0.1, 0.15) is 0 Å². The lowest BCUT2D eigenvalue weighted by atomic mass is 10.1. The molecule has 2 nitrogen and oxygen atoms in total. The number of aliphatic imine (C=N–C) groups is 1. The van der Waals surface area contributed by atoms with Gasteiger partial charge in [-0.1, -0.05) is 23.2 Å². The number of isothiocyanates is 1. The zero-order valence-electron chi connectivity index (χ0n) is 7.37. The van der Waals surface area contributed by atoms with Crippen molar-refractivity contribution < 1.29 is 0 Å². The van der Waals surface area contributed by atoms with Crippen molar-refractivity contribution in [2.24, 2.45) is 4.99 Å². The van der Waals surface area contributed by atoms with Crippen LogP contribution in [0.15, 0.2) is 29.4 Å². The van der Waals surface area contributed by atoms with Gasteiger partial charge in [-0.2, -0.15) is 4.99 Å². The molecule has 0 spiro atoms. The molecule has 1 aromatic heterocycles. The average molecular weight is 255 g/mol. The highest BCUT2D eigenvalue weighted by Gasteiger charge is 2.06. The number of hydrogen-bond acceptors (Lipinski definition) is 3. The van der Waals surface area contributed by atoms with Crippen LogP contribution >= 0.6 is 35.4 Å². The maximum atomic E-state index is 6.05. The minimum Gasteiger partial charge on any atom is -0.236 e. The van der Waals surface area contributed by atoms with Gasteiger partial charge in [0.25, 0.3) is 0 Å². The first kappa shape index (κ1) is 10.5. The quantitative estimate of drug-likeness (QED) is 0.561. The second-order valence-corrected chi connectivity index (χ2v) is 3.76. The molecule has 1 heterocycles. The summed E-state index contributed by atoms with van der Waals surface area (Å²) in [6, 6.07) is 5.30. The van der Waals surface area contributed by atoms with Gasteiger partial charge in [0.15, 0.2) is 5.82 Å². The fourth-order valence-corrected chi connectivity index (χ4v) is 1.79. The second kappa shape index (κ2) is 4.25. The predicted molar refractivity (Wildman–Crippen MR) is 66.4 cm³/mol. The molecule has 0 radical (unpaired) electrons. The van der Waals surface area contributed by atoms with Gasteiger partial charge in [0, 0.05) is 17.0 Å². The number of halogens is 2. The molecule has 0 unspecified atom stereocenters. The third-order valence-electron chi connectivity index (χ3n) is 1.96. The van der Waals surface area contributed by atoms with E-state index >= 15 is 0 Å². The minimum atomic E-state index is 0.498. The number of hydrogen-bond donors (Lipinski definition) is 0. The highest BCUT2D eigenvalue weighted by Crippen LogP contribution is 2.33. The average Bonchev–Trinajstić information content (AvgIpc) is 2.25. The monoisotopic (exact) mass is 254 g/mol. The largest absolute Gasteiger partial charge is 0.236 e. The van der Waals surface area contributed by atoms with Crippen LogP contribution in [0.4, 0.5) is 5.82 Å². The Labute approximate surface area is 102 Å². The van der Waals surface area contributed by atoms with Crippen molar-refractivity contribution in [3.8, 4) is 0 Å². The van der Waals surface area contributed by atoms with Crippen LogP contribution in [-0.2, 0) is 0 Å². The van der Waals surface area contributed by atoms with E-state index in [2.05, 4.69) is 27.4 Å². The maximum Gasteiger partial charge on any atom is 0.170 e. The molecular weight excluding hydrogens is 251 g/mol. The molecule has 0 fully saturated rings. The van der Waals surface area contributed by atoms with Gasteiger partial charge in [-0.25, -0.2) is 4.98 Å². The molecule has 5 heteroatoms. The van der Waals surface area contributed by atoms with Crippen LogP contribution in [0, 0.1) is 0 Å². The fraction of sp³-hybridized carbons (Fsp3) is 0. The lowest BCUT2D eigenvalue weighted by molar-refractivity contribution is 1.31. The minimum absolute atomic E-state index is 0.498. The number of pyridine rings is 1. The van der Waals surface area contributed by atoms with Crippen molar-refractivity contribution >= 4 is 57.2 Å². The van der Waals surface area contributed by atoms with E-state index in [4.69, 9.17) is 23.2 Å². The van der Waals surface area contributed by atoms with E-state index in [1.54, 1.807) is 18.3 Å². The molecule has 0 aliphatic rings. The smallest absolute Gasteiger partial charge is 0.170 e. The lowest BCUT2D eigenvalue weighted by Crippen LogP contribution is -1.80. The molecule has 2 aromatic rings. The lowest BCUT2D eigenvalue weighted by Gasteiger charge is -2.03. The van der Waals surface area contributed by atoms with E-state index in [-0.39, 0.29) is 0 Å². The third kappa shape index (κ3) is 1.87. The molecule has 0 N–H and O–H groups in total. The third-order valence-corrected chi connectivity index (χ3v) is 2.87. The highest BCUT2D eigenvalue weighted by atomic mass is 35.5. The molecule has 0 aliphatic heterocycles. The van der Waals surface area contributed by atoms with Crippen molar-refractivity contribution in [3.63, 3.8) is 0 Å². The molecule has 1 aromatic carbocycles. The summed E-state index contributed by atoms with van der Waals surface area (Å²) in [4.78, 5) is 7.93. The molecule has 0 bridgehead atoms. The van der Waals surface area contributed by atoms with Crippen molar-refractivity contribution in [1.82, 2.24) is 4.98 Å². The first-order valence-electron chi connectivity index (χ1n) is 4.04.